The van der Waals surface area contributed by atoms with Gasteiger partial charge in [-0.05, 0) is 106 Å². The Morgan fingerprint density at radius 2 is 1.15 bits per heavy atom. The third-order valence-electron chi connectivity index (χ3n) is 10.5. The highest BCUT2D eigenvalue weighted by atomic mass is 16.3. The number of nitrogens with zero attached hydrogens (tertiary/aromatic N) is 2. The van der Waals surface area contributed by atoms with E-state index >= 15 is 0 Å². The van der Waals surface area contributed by atoms with Crippen LogP contribution in [-0.2, 0) is 6.42 Å². The Morgan fingerprint density at radius 1 is 0.481 bits per heavy atom. The molecule has 0 saturated carbocycles. The minimum atomic E-state index is 0.619. The molecule has 0 aliphatic heterocycles. The largest absolute Gasteiger partial charge is 0.456 e. The minimum Gasteiger partial charge on any atom is -0.456 e. The molecule has 0 saturated heterocycles. The molecule has 0 atom stereocenters. The van der Waals surface area contributed by atoms with Crippen LogP contribution in [0, 0.1) is 0 Å². The van der Waals surface area contributed by atoms with Crippen molar-refractivity contribution in [2.75, 3.05) is 4.90 Å². The van der Waals surface area contributed by atoms with Gasteiger partial charge in [0.15, 0.2) is 5.58 Å². The normalized spacial score (nSPS) is 12.2. The minimum absolute atomic E-state index is 0.619. The molecule has 11 rings (SSSR count). The number of fused-ring (bicyclic) bond motifs is 9. The van der Waals surface area contributed by atoms with Crippen LogP contribution in [0.15, 0.2) is 179 Å². The average molecular weight is 667 g/mol. The van der Waals surface area contributed by atoms with Crippen molar-refractivity contribution in [2.24, 2.45) is 0 Å². The number of hydrogen-bond donors (Lipinski definition) is 0. The molecular formula is C48H30N2O2. The number of oxazole rings is 1. The van der Waals surface area contributed by atoms with Gasteiger partial charge in [-0.25, -0.2) is 4.98 Å². The van der Waals surface area contributed by atoms with Gasteiger partial charge in [-0.3, -0.25) is 0 Å². The molecule has 0 radical (unpaired) electrons. The van der Waals surface area contributed by atoms with Gasteiger partial charge in [0.25, 0.3) is 0 Å². The molecule has 2 aromatic heterocycles. The number of anilines is 3. The fraction of sp³-hybridized carbons (Fsp3) is 0.0208. The van der Waals surface area contributed by atoms with E-state index in [1.54, 1.807) is 0 Å². The van der Waals surface area contributed by atoms with Crippen LogP contribution in [0.1, 0.15) is 11.1 Å². The smallest absolute Gasteiger partial charge is 0.227 e. The van der Waals surface area contributed by atoms with Gasteiger partial charge in [-0.1, -0.05) is 109 Å². The second-order valence-corrected chi connectivity index (χ2v) is 13.5. The number of benzene rings is 8. The maximum Gasteiger partial charge on any atom is 0.227 e. The molecule has 0 amide bonds. The van der Waals surface area contributed by atoms with Gasteiger partial charge in [0.1, 0.15) is 16.7 Å². The summed E-state index contributed by atoms with van der Waals surface area (Å²) >= 11 is 0. The van der Waals surface area contributed by atoms with Gasteiger partial charge in [0.05, 0.1) is 11.1 Å². The number of para-hydroxylation sites is 1. The first-order chi connectivity index (χ1) is 25.8. The summed E-state index contributed by atoms with van der Waals surface area (Å²) in [4.78, 5) is 7.28. The van der Waals surface area contributed by atoms with Gasteiger partial charge in [-0.15, -0.1) is 0 Å². The van der Waals surface area contributed by atoms with Crippen LogP contribution in [-0.4, -0.2) is 4.98 Å². The lowest BCUT2D eigenvalue weighted by Gasteiger charge is -2.26. The zero-order valence-electron chi connectivity index (χ0n) is 28.1. The Kier molecular flexibility index (Phi) is 6.28. The van der Waals surface area contributed by atoms with E-state index in [9.17, 15) is 0 Å². The van der Waals surface area contributed by atoms with E-state index in [1.165, 1.54) is 44.2 Å². The molecule has 8 aromatic carbocycles. The van der Waals surface area contributed by atoms with Gasteiger partial charge < -0.3 is 13.7 Å². The summed E-state index contributed by atoms with van der Waals surface area (Å²) < 4.78 is 12.9. The second kappa shape index (κ2) is 11.3. The van der Waals surface area contributed by atoms with Crippen LogP contribution in [0.4, 0.5) is 17.1 Å². The van der Waals surface area contributed by atoms with Crippen molar-refractivity contribution in [3.8, 4) is 33.7 Å². The second-order valence-electron chi connectivity index (χ2n) is 13.5. The van der Waals surface area contributed by atoms with Crippen molar-refractivity contribution < 1.29 is 8.83 Å². The van der Waals surface area contributed by atoms with Crippen LogP contribution in [0.2, 0.25) is 0 Å². The first-order valence-corrected chi connectivity index (χ1v) is 17.7. The molecule has 52 heavy (non-hydrogen) atoms. The van der Waals surface area contributed by atoms with Crippen LogP contribution < -0.4 is 4.90 Å². The van der Waals surface area contributed by atoms with Crippen molar-refractivity contribution in [1.82, 2.24) is 4.98 Å². The molecule has 0 bridgehead atoms. The molecule has 1 aliphatic rings. The van der Waals surface area contributed by atoms with Crippen LogP contribution >= 0.6 is 0 Å². The zero-order chi connectivity index (χ0) is 34.2. The van der Waals surface area contributed by atoms with E-state index in [0.717, 1.165) is 62.1 Å². The lowest BCUT2D eigenvalue weighted by atomic mass is 9.98. The van der Waals surface area contributed by atoms with Gasteiger partial charge in [0, 0.05) is 27.9 Å². The number of aromatic nitrogens is 1. The fourth-order valence-corrected chi connectivity index (χ4v) is 8.11. The Labute approximate surface area is 299 Å². The quantitative estimate of drug-likeness (QED) is 0.183. The van der Waals surface area contributed by atoms with E-state index in [2.05, 4.69) is 157 Å². The first kappa shape index (κ1) is 28.9. The Morgan fingerprint density at radius 3 is 2.02 bits per heavy atom. The Bertz CT molecular complexity index is 2980. The molecule has 1 aliphatic carbocycles. The van der Waals surface area contributed by atoms with E-state index in [4.69, 9.17) is 13.8 Å². The topological polar surface area (TPSA) is 42.4 Å². The molecule has 0 spiro atoms. The number of rotatable bonds is 5. The molecule has 0 N–H and O–H groups in total. The van der Waals surface area contributed by atoms with E-state index in [1.807, 2.05) is 18.2 Å². The number of hydrogen-bond acceptors (Lipinski definition) is 4. The molecule has 0 unspecified atom stereocenters. The lowest BCUT2D eigenvalue weighted by molar-refractivity contribution is 0.620. The zero-order valence-corrected chi connectivity index (χ0v) is 28.1. The summed E-state index contributed by atoms with van der Waals surface area (Å²) in [5, 5.41) is 4.64. The van der Waals surface area contributed by atoms with Gasteiger partial charge >= 0.3 is 0 Å². The highest BCUT2D eigenvalue weighted by Gasteiger charge is 2.24. The van der Waals surface area contributed by atoms with Crippen LogP contribution in [0.5, 0.6) is 0 Å². The SMILES string of the molecule is c1ccc2c(c1)Cc1ccc3nc(-c4ccc(N(c5ccc(-c6cccc7ccccc67)cc5)c5cccc6oc7ccccc7c56)cc4)oc3c1-2. The summed E-state index contributed by atoms with van der Waals surface area (Å²) in [6.45, 7) is 0. The highest BCUT2D eigenvalue weighted by molar-refractivity contribution is 6.13. The Hall–Kier alpha value is -6.91. The third-order valence-corrected chi connectivity index (χ3v) is 10.5. The highest BCUT2D eigenvalue weighted by Crippen LogP contribution is 2.45. The van der Waals surface area contributed by atoms with Crippen molar-refractivity contribution >= 4 is 60.9 Å². The summed E-state index contributed by atoms with van der Waals surface area (Å²) in [5.74, 6) is 0.619. The van der Waals surface area contributed by atoms with Crippen molar-refractivity contribution in [3.05, 3.63) is 181 Å². The summed E-state index contributed by atoms with van der Waals surface area (Å²) in [7, 11) is 0. The van der Waals surface area contributed by atoms with Gasteiger partial charge in [0.2, 0.25) is 5.89 Å². The van der Waals surface area contributed by atoms with Crippen LogP contribution in [0.25, 0.3) is 77.5 Å². The van der Waals surface area contributed by atoms with Gasteiger partial charge in [-0.2, -0.15) is 0 Å². The molecule has 244 valence electrons. The summed E-state index contributed by atoms with van der Waals surface area (Å²) in [5.41, 5.74) is 14.9. The maximum absolute atomic E-state index is 6.57. The van der Waals surface area contributed by atoms with Crippen molar-refractivity contribution in [1.29, 1.82) is 0 Å². The van der Waals surface area contributed by atoms with Crippen molar-refractivity contribution in [2.45, 2.75) is 6.42 Å². The molecule has 10 aromatic rings. The van der Waals surface area contributed by atoms with Crippen LogP contribution in [0.3, 0.4) is 0 Å². The average Bonchev–Trinajstić information content (AvgIpc) is 3.92. The summed E-state index contributed by atoms with van der Waals surface area (Å²) in [6.07, 6.45) is 0.920. The standard InChI is InChI=1S/C48H30N2O2/c1-3-12-37-30(9-1)11-7-15-38(37)31-19-24-35(25-20-31)50(42-16-8-18-44-46(42)40-14-5-6-17-43(40)51-44)36-26-21-32(22-27-36)48-49-41-28-23-34-29-33-10-2-4-13-39(33)45(34)47(41)52-48/h1-28H,29H2. The fourth-order valence-electron chi connectivity index (χ4n) is 8.11. The number of furan rings is 1. The van der Waals surface area contributed by atoms with E-state index in [-0.39, 0.29) is 0 Å². The molecule has 0 fully saturated rings. The molecule has 4 heteroatoms. The monoisotopic (exact) mass is 666 g/mol. The third kappa shape index (κ3) is 4.44. The predicted octanol–water partition coefficient (Wildman–Crippen LogP) is 13.3. The first-order valence-electron chi connectivity index (χ1n) is 17.7. The predicted molar refractivity (Wildman–Crippen MR) is 213 cm³/mol. The molecular weight excluding hydrogens is 637 g/mol. The summed E-state index contributed by atoms with van der Waals surface area (Å²) in [6, 6.07) is 59.9. The molecule has 4 nitrogen and oxygen atoms in total. The Balaban J connectivity index is 1.04. The lowest BCUT2D eigenvalue weighted by Crippen LogP contribution is -2.10. The van der Waals surface area contributed by atoms with Crippen molar-refractivity contribution in [3.63, 3.8) is 0 Å². The van der Waals surface area contributed by atoms with E-state index < -0.39 is 0 Å². The van der Waals surface area contributed by atoms with E-state index in [0.29, 0.717) is 5.89 Å². The maximum atomic E-state index is 6.57. The molecule has 2 heterocycles.